The molecule has 1 fully saturated rings. The third-order valence-electron chi connectivity index (χ3n) is 4.94. The smallest absolute Gasteiger partial charge is 0.307 e. The van der Waals surface area contributed by atoms with E-state index in [1.165, 1.54) is 50.5 Å². The number of sulfonamides is 1. The molecule has 1 aliphatic carbocycles. The van der Waals surface area contributed by atoms with Crippen LogP contribution in [0.5, 0.6) is 0 Å². The van der Waals surface area contributed by atoms with Gasteiger partial charge in [0.05, 0.1) is 11.3 Å². The maximum absolute atomic E-state index is 12.3. The topological polar surface area (TPSA) is 131 Å². The Labute approximate surface area is 183 Å². The standard InChI is InChI=1S/C21H31N3O6S/c1-16(25)23-18-9-11-19(12-10-18)31(28,29)22-14-13-21(27)30-15-20(26)24-17-7-5-3-2-4-6-8-17/h9-12,17,22H,2-8,13-15H2,1H3,(H,23,25)(H,24,26). The molecule has 1 aromatic rings. The quantitative estimate of drug-likeness (QED) is 0.491. The lowest BCUT2D eigenvalue weighted by molar-refractivity contribution is -0.148. The average molecular weight is 454 g/mol. The van der Waals surface area contributed by atoms with Crippen molar-refractivity contribution in [2.45, 2.75) is 69.2 Å². The Kier molecular flexibility index (Phi) is 9.93. The summed E-state index contributed by atoms with van der Waals surface area (Å²) in [6.07, 6.45) is 7.44. The summed E-state index contributed by atoms with van der Waals surface area (Å²) in [5, 5.41) is 5.45. The van der Waals surface area contributed by atoms with Gasteiger partial charge in [-0.15, -0.1) is 0 Å². The average Bonchev–Trinajstić information content (AvgIpc) is 2.68. The highest BCUT2D eigenvalue weighted by Gasteiger charge is 2.17. The van der Waals surface area contributed by atoms with E-state index in [4.69, 9.17) is 4.74 Å². The molecule has 9 nitrogen and oxygen atoms in total. The van der Waals surface area contributed by atoms with Crippen LogP contribution in [0.2, 0.25) is 0 Å². The number of carbonyl (C=O) groups is 3. The Balaban J connectivity index is 1.69. The third kappa shape index (κ3) is 9.48. The number of nitrogens with one attached hydrogen (secondary N) is 3. The van der Waals surface area contributed by atoms with Crippen LogP contribution in [0.15, 0.2) is 29.2 Å². The first-order valence-electron chi connectivity index (χ1n) is 10.6. The van der Waals surface area contributed by atoms with Gasteiger partial charge in [0.25, 0.3) is 5.91 Å². The van der Waals surface area contributed by atoms with Crippen LogP contribution < -0.4 is 15.4 Å². The monoisotopic (exact) mass is 453 g/mol. The summed E-state index contributed by atoms with van der Waals surface area (Å²) in [6.45, 7) is 0.832. The number of esters is 1. The molecular weight excluding hydrogens is 422 g/mol. The molecule has 0 unspecified atom stereocenters. The van der Waals surface area contributed by atoms with Gasteiger partial charge in [0.15, 0.2) is 6.61 Å². The van der Waals surface area contributed by atoms with E-state index in [-0.39, 0.29) is 42.3 Å². The van der Waals surface area contributed by atoms with Crippen molar-refractivity contribution in [2.24, 2.45) is 0 Å². The van der Waals surface area contributed by atoms with Gasteiger partial charge in [-0.1, -0.05) is 32.1 Å². The van der Waals surface area contributed by atoms with Crippen LogP contribution in [0.1, 0.15) is 58.3 Å². The molecule has 0 spiro atoms. The van der Waals surface area contributed by atoms with Crippen LogP contribution in [0.4, 0.5) is 5.69 Å². The van der Waals surface area contributed by atoms with Crippen LogP contribution >= 0.6 is 0 Å². The molecule has 0 heterocycles. The largest absolute Gasteiger partial charge is 0.456 e. The van der Waals surface area contributed by atoms with Crippen molar-refractivity contribution in [3.63, 3.8) is 0 Å². The van der Waals surface area contributed by atoms with E-state index in [1.807, 2.05) is 0 Å². The fraction of sp³-hybridized carbons (Fsp3) is 0.571. The van der Waals surface area contributed by atoms with Crippen molar-refractivity contribution in [3.8, 4) is 0 Å². The Morgan fingerprint density at radius 2 is 1.61 bits per heavy atom. The minimum absolute atomic E-state index is 0.00791. The van der Waals surface area contributed by atoms with Gasteiger partial charge in [-0.25, -0.2) is 13.1 Å². The molecule has 31 heavy (non-hydrogen) atoms. The number of amides is 2. The lowest BCUT2D eigenvalue weighted by Gasteiger charge is -2.20. The molecule has 1 aliphatic rings. The molecule has 1 saturated carbocycles. The molecule has 10 heteroatoms. The van der Waals surface area contributed by atoms with E-state index in [1.54, 1.807) is 0 Å². The van der Waals surface area contributed by atoms with Crippen molar-refractivity contribution in [1.29, 1.82) is 0 Å². The second kappa shape index (κ2) is 12.4. The number of benzene rings is 1. The number of rotatable bonds is 9. The first-order chi connectivity index (χ1) is 14.8. The molecule has 2 amide bonds. The van der Waals surface area contributed by atoms with Crippen molar-refractivity contribution in [3.05, 3.63) is 24.3 Å². The summed E-state index contributed by atoms with van der Waals surface area (Å²) in [6, 6.07) is 5.77. The molecule has 0 aromatic heterocycles. The minimum atomic E-state index is -3.81. The first kappa shape index (κ1) is 24.8. The maximum Gasteiger partial charge on any atom is 0.307 e. The predicted molar refractivity (Wildman–Crippen MR) is 116 cm³/mol. The molecular formula is C21H31N3O6S. The summed E-state index contributed by atoms with van der Waals surface area (Å²) >= 11 is 0. The van der Waals surface area contributed by atoms with Gasteiger partial charge in [0, 0.05) is 25.2 Å². The number of anilines is 1. The van der Waals surface area contributed by atoms with Crippen molar-refractivity contribution >= 4 is 33.5 Å². The van der Waals surface area contributed by atoms with Gasteiger partial charge >= 0.3 is 5.97 Å². The van der Waals surface area contributed by atoms with Gasteiger partial charge < -0.3 is 15.4 Å². The van der Waals surface area contributed by atoms with Crippen LogP contribution in [0.3, 0.4) is 0 Å². The van der Waals surface area contributed by atoms with E-state index in [0.717, 1.165) is 25.7 Å². The molecule has 1 aromatic carbocycles. The normalized spacial score (nSPS) is 15.4. The van der Waals surface area contributed by atoms with E-state index < -0.39 is 16.0 Å². The fourth-order valence-electron chi connectivity index (χ4n) is 3.38. The summed E-state index contributed by atoms with van der Waals surface area (Å²) < 4.78 is 31.8. The molecule has 2 rings (SSSR count). The fourth-order valence-corrected chi connectivity index (χ4v) is 4.41. The van der Waals surface area contributed by atoms with Crippen molar-refractivity contribution in [2.75, 3.05) is 18.5 Å². The van der Waals surface area contributed by atoms with Gasteiger partial charge in [-0.2, -0.15) is 0 Å². The third-order valence-corrected chi connectivity index (χ3v) is 6.42. The molecule has 0 saturated heterocycles. The van der Waals surface area contributed by atoms with Gasteiger partial charge in [0.1, 0.15) is 0 Å². The second-order valence-electron chi connectivity index (χ2n) is 7.62. The number of carbonyl (C=O) groups excluding carboxylic acids is 3. The summed E-state index contributed by atoms with van der Waals surface area (Å²) in [5.41, 5.74) is 0.479. The van der Waals surface area contributed by atoms with Crippen LogP contribution in [0, 0.1) is 0 Å². The minimum Gasteiger partial charge on any atom is -0.456 e. The molecule has 3 N–H and O–H groups in total. The lowest BCUT2D eigenvalue weighted by Crippen LogP contribution is -2.38. The van der Waals surface area contributed by atoms with Crippen LogP contribution in [0.25, 0.3) is 0 Å². The highest BCUT2D eigenvalue weighted by molar-refractivity contribution is 7.89. The van der Waals surface area contributed by atoms with Gasteiger partial charge in [-0.3, -0.25) is 14.4 Å². The van der Waals surface area contributed by atoms with Gasteiger partial charge in [-0.05, 0) is 37.1 Å². The van der Waals surface area contributed by atoms with Crippen molar-refractivity contribution < 1.29 is 27.5 Å². The zero-order chi connectivity index (χ0) is 22.7. The van der Waals surface area contributed by atoms with E-state index >= 15 is 0 Å². The Bertz CT molecular complexity index is 846. The van der Waals surface area contributed by atoms with Gasteiger partial charge in [0.2, 0.25) is 15.9 Å². The Hall–Kier alpha value is -2.46. The number of ether oxygens (including phenoxy) is 1. The summed E-state index contributed by atoms with van der Waals surface area (Å²) in [4.78, 5) is 34.9. The highest BCUT2D eigenvalue weighted by atomic mass is 32.2. The number of hydrogen-bond donors (Lipinski definition) is 3. The molecule has 0 radical (unpaired) electrons. The van der Waals surface area contributed by atoms with E-state index in [2.05, 4.69) is 15.4 Å². The zero-order valence-corrected chi connectivity index (χ0v) is 18.6. The SMILES string of the molecule is CC(=O)Nc1ccc(S(=O)(=O)NCCC(=O)OCC(=O)NC2CCCCCCC2)cc1. The molecule has 0 aliphatic heterocycles. The zero-order valence-electron chi connectivity index (χ0n) is 17.8. The molecule has 0 bridgehead atoms. The highest BCUT2D eigenvalue weighted by Crippen LogP contribution is 2.17. The Morgan fingerprint density at radius 1 is 1.00 bits per heavy atom. The predicted octanol–water partition coefficient (Wildman–Crippen LogP) is 2.09. The number of hydrogen-bond acceptors (Lipinski definition) is 6. The molecule has 172 valence electrons. The molecule has 0 atom stereocenters. The van der Waals surface area contributed by atoms with E-state index in [0.29, 0.717) is 5.69 Å². The first-order valence-corrected chi connectivity index (χ1v) is 12.1. The van der Waals surface area contributed by atoms with Crippen LogP contribution in [-0.4, -0.2) is 45.4 Å². The summed E-state index contributed by atoms with van der Waals surface area (Å²) in [7, 11) is -3.81. The Morgan fingerprint density at radius 3 is 2.23 bits per heavy atom. The second-order valence-corrected chi connectivity index (χ2v) is 9.39. The van der Waals surface area contributed by atoms with Crippen molar-refractivity contribution in [1.82, 2.24) is 10.0 Å². The van der Waals surface area contributed by atoms with Crippen LogP contribution in [-0.2, 0) is 29.1 Å². The lowest BCUT2D eigenvalue weighted by atomic mass is 9.97. The van der Waals surface area contributed by atoms with E-state index in [9.17, 15) is 22.8 Å². The maximum atomic E-state index is 12.3. The summed E-state index contributed by atoms with van der Waals surface area (Å²) in [5.74, 6) is -1.25.